The van der Waals surface area contributed by atoms with Gasteiger partial charge >= 0.3 is 6.18 Å². The fourth-order valence-electron chi connectivity index (χ4n) is 3.53. The van der Waals surface area contributed by atoms with E-state index in [-0.39, 0.29) is 12.5 Å². The topological polar surface area (TPSA) is 63.5 Å². The van der Waals surface area contributed by atoms with E-state index in [1.165, 1.54) is 4.90 Å². The first-order valence-corrected chi connectivity index (χ1v) is 8.86. The normalized spacial score (nSPS) is 22.6. The molecule has 10 heteroatoms. The number of likely N-dealkylation sites (tertiary alicyclic amines) is 1. The zero-order chi connectivity index (χ0) is 18.7. The minimum Gasteiger partial charge on any atom is -0.379 e. The number of alkyl halides is 3. The summed E-state index contributed by atoms with van der Waals surface area (Å²) in [5.74, 6) is 0.605. The zero-order valence-corrected chi connectivity index (χ0v) is 14.8. The van der Waals surface area contributed by atoms with Crippen molar-refractivity contribution in [2.45, 2.75) is 37.9 Å². The van der Waals surface area contributed by atoms with Crippen molar-refractivity contribution in [1.29, 1.82) is 0 Å². The van der Waals surface area contributed by atoms with Crippen LogP contribution in [0.3, 0.4) is 0 Å². The lowest BCUT2D eigenvalue weighted by molar-refractivity contribution is -0.162. The molecule has 7 nitrogen and oxygen atoms in total. The number of rotatable bonds is 4. The quantitative estimate of drug-likeness (QED) is 0.794. The summed E-state index contributed by atoms with van der Waals surface area (Å²) in [5, 5.41) is 8.53. The average Bonchev–Trinajstić information content (AvgIpc) is 2.95. The lowest BCUT2D eigenvalue weighted by atomic mass is 9.97. The number of nitrogens with zero attached hydrogens (tertiary/aromatic N) is 5. The molecule has 0 N–H and O–H groups in total. The molecule has 2 saturated heterocycles. The van der Waals surface area contributed by atoms with E-state index in [0.717, 1.165) is 31.2 Å². The van der Waals surface area contributed by atoms with E-state index in [2.05, 4.69) is 15.1 Å². The SMILES string of the molecule is Cn1c(CN2CCOCC2)nnc1[C@H]1CCCN(C(=O)CC(F)(F)F)C1. The van der Waals surface area contributed by atoms with Gasteiger partial charge in [0.2, 0.25) is 5.91 Å². The molecule has 1 aromatic heterocycles. The number of morpholine rings is 1. The van der Waals surface area contributed by atoms with Gasteiger partial charge in [0.25, 0.3) is 0 Å². The molecule has 1 aromatic rings. The van der Waals surface area contributed by atoms with Crippen molar-refractivity contribution in [3.8, 4) is 0 Å². The Bertz CT molecular complexity index is 628. The van der Waals surface area contributed by atoms with E-state index >= 15 is 0 Å². The van der Waals surface area contributed by atoms with Gasteiger partial charge in [-0.2, -0.15) is 13.2 Å². The van der Waals surface area contributed by atoms with Crippen LogP contribution in [-0.4, -0.2) is 76.0 Å². The number of carbonyl (C=O) groups is 1. The van der Waals surface area contributed by atoms with Gasteiger partial charge in [0.15, 0.2) is 0 Å². The monoisotopic (exact) mass is 375 g/mol. The molecule has 0 radical (unpaired) electrons. The standard InChI is InChI=1S/C16H24F3N5O2/c1-22-13(11-23-5-7-26-8-6-23)20-21-15(22)12-3-2-4-24(10-12)14(25)9-16(17,18)19/h12H,2-11H2,1H3/t12-/m0/s1. The van der Waals surface area contributed by atoms with E-state index in [4.69, 9.17) is 4.74 Å². The Morgan fingerprint density at radius 2 is 1.96 bits per heavy atom. The summed E-state index contributed by atoms with van der Waals surface area (Å²) in [6.45, 7) is 4.36. The summed E-state index contributed by atoms with van der Waals surface area (Å²) < 4.78 is 44.7. The second-order valence-corrected chi connectivity index (χ2v) is 6.89. The minimum absolute atomic E-state index is 0.0862. The fraction of sp³-hybridized carbons (Fsp3) is 0.812. The fourth-order valence-corrected chi connectivity index (χ4v) is 3.53. The van der Waals surface area contributed by atoms with Crippen molar-refractivity contribution in [2.75, 3.05) is 39.4 Å². The van der Waals surface area contributed by atoms with E-state index in [9.17, 15) is 18.0 Å². The number of halogens is 3. The van der Waals surface area contributed by atoms with Gasteiger partial charge in [0.1, 0.15) is 18.1 Å². The van der Waals surface area contributed by atoms with Crippen LogP contribution < -0.4 is 0 Å². The van der Waals surface area contributed by atoms with Gasteiger partial charge in [-0.3, -0.25) is 9.69 Å². The molecular weight excluding hydrogens is 351 g/mol. The molecule has 146 valence electrons. The minimum atomic E-state index is -4.47. The maximum atomic E-state index is 12.5. The Labute approximate surface area is 150 Å². The highest BCUT2D eigenvalue weighted by molar-refractivity contribution is 5.77. The van der Waals surface area contributed by atoms with Gasteiger partial charge < -0.3 is 14.2 Å². The maximum Gasteiger partial charge on any atom is 0.397 e. The lowest BCUT2D eigenvalue weighted by Gasteiger charge is -2.32. The molecule has 26 heavy (non-hydrogen) atoms. The Balaban J connectivity index is 1.64. The van der Waals surface area contributed by atoms with Gasteiger partial charge in [-0.15, -0.1) is 10.2 Å². The molecule has 2 aliphatic heterocycles. The zero-order valence-electron chi connectivity index (χ0n) is 14.8. The van der Waals surface area contributed by atoms with Gasteiger partial charge in [-0.05, 0) is 12.8 Å². The third kappa shape index (κ3) is 4.73. The molecule has 0 unspecified atom stereocenters. The van der Waals surface area contributed by atoms with E-state index in [1.54, 1.807) is 0 Å². The van der Waals surface area contributed by atoms with Crippen molar-refractivity contribution in [2.24, 2.45) is 7.05 Å². The van der Waals surface area contributed by atoms with Crippen LogP contribution in [0.15, 0.2) is 0 Å². The van der Waals surface area contributed by atoms with Gasteiger partial charge in [-0.25, -0.2) is 0 Å². The van der Waals surface area contributed by atoms with Gasteiger partial charge in [0, 0.05) is 39.1 Å². The number of ether oxygens (including phenoxy) is 1. The third-order valence-corrected chi connectivity index (χ3v) is 4.96. The van der Waals surface area contributed by atoms with Crippen molar-refractivity contribution >= 4 is 5.91 Å². The molecule has 1 amide bonds. The van der Waals surface area contributed by atoms with Crippen LogP contribution >= 0.6 is 0 Å². The third-order valence-electron chi connectivity index (χ3n) is 4.96. The Morgan fingerprint density at radius 3 is 2.65 bits per heavy atom. The Morgan fingerprint density at radius 1 is 1.23 bits per heavy atom. The molecule has 3 heterocycles. The van der Waals surface area contributed by atoms with Gasteiger partial charge in [0.05, 0.1) is 19.8 Å². The largest absolute Gasteiger partial charge is 0.397 e. The summed E-state index contributed by atoms with van der Waals surface area (Å²) in [4.78, 5) is 15.4. The van der Waals surface area contributed by atoms with Crippen LogP contribution in [-0.2, 0) is 23.1 Å². The smallest absolute Gasteiger partial charge is 0.379 e. The molecule has 2 fully saturated rings. The lowest BCUT2D eigenvalue weighted by Crippen LogP contribution is -2.41. The molecule has 3 rings (SSSR count). The van der Waals surface area contributed by atoms with E-state index in [1.807, 2.05) is 11.6 Å². The number of aromatic nitrogens is 3. The van der Waals surface area contributed by atoms with Crippen LogP contribution in [0.5, 0.6) is 0 Å². The number of piperidine rings is 1. The predicted octanol–water partition coefficient (Wildman–Crippen LogP) is 1.31. The van der Waals surface area contributed by atoms with Crippen molar-refractivity contribution < 1.29 is 22.7 Å². The first-order valence-electron chi connectivity index (χ1n) is 8.86. The summed E-state index contributed by atoms with van der Waals surface area (Å²) in [6.07, 6.45) is -4.42. The van der Waals surface area contributed by atoms with Crippen LogP contribution in [0.1, 0.15) is 36.8 Å². The molecule has 0 bridgehead atoms. The van der Waals surface area contributed by atoms with Crippen molar-refractivity contribution in [1.82, 2.24) is 24.6 Å². The Kier molecular flexibility index (Phi) is 5.81. The number of hydrogen-bond acceptors (Lipinski definition) is 5. The summed E-state index contributed by atoms with van der Waals surface area (Å²) in [5.41, 5.74) is 0. The van der Waals surface area contributed by atoms with Crippen molar-refractivity contribution in [3.63, 3.8) is 0 Å². The molecule has 2 aliphatic rings. The molecule has 0 aromatic carbocycles. The molecule has 1 atom stereocenters. The van der Waals surface area contributed by atoms with Gasteiger partial charge in [-0.1, -0.05) is 0 Å². The second kappa shape index (κ2) is 7.91. The highest BCUT2D eigenvalue weighted by Gasteiger charge is 2.36. The summed E-state index contributed by atoms with van der Waals surface area (Å²) >= 11 is 0. The number of amides is 1. The molecule has 0 saturated carbocycles. The maximum absolute atomic E-state index is 12.5. The number of carbonyl (C=O) groups excluding carboxylic acids is 1. The van der Waals surface area contributed by atoms with E-state index in [0.29, 0.717) is 32.7 Å². The molecule has 0 spiro atoms. The molecule has 0 aliphatic carbocycles. The van der Waals surface area contributed by atoms with Crippen LogP contribution in [0.2, 0.25) is 0 Å². The number of hydrogen-bond donors (Lipinski definition) is 0. The summed E-state index contributed by atoms with van der Waals surface area (Å²) in [7, 11) is 1.88. The van der Waals surface area contributed by atoms with Crippen LogP contribution in [0.25, 0.3) is 0 Å². The Hall–Kier alpha value is -1.68. The molecular formula is C16H24F3N5O2. The summed E-state index contributed by atoms with van der Waals surface area (Å²) in [6, 6.07) is 0. The van der Waals surface area contributed by atoms with Crippen LogP contribution in [0.4, 0.5) is 13.2 Å². The first-order chi connectivity index (χ1) is 12.3. The predicted molar refractivity (Wildman–Crippen MR) is 86.3 cm³/mol. The average molecular weight is 375 g/mol. The highest BCUT2D eigenvalue weighted by Crippen LogP contribution is 2.28. The first kappa shape index (κ1) is 19.1. The van der Waals surface area contributed by atoms with Crippen molar-refractivity contribution in [3.05, 3.63) is 11.6 Å². The van der Waals surface area contributed by atoms with Crippen LogP contribution in [0, 0.1) is 0 Å². The van der Waals surface area contributed by atoms with E-state index < -0.39 is 18.5 Å². The highest BCUT2D eigenvalue weighted by atomic mass is 19.4. The second-order valence-electron chi connectivity index (χ2n) is 6.89.